The lowest BCUT2D eigenvalue weighted by Gasteiger charge is -2.36. The Morgan fingerprint density at radius 1 is 1.17 bits per heavy atom. The molecule has 0 aliphatic carbocycles. The van der Waals surface area contributed by atoms with Gasteiger partial charge in [-0.15, -0.1) is 11.6 Å². The summed E-state index contributed by atoms with van der Waals surface area (Å²) in [6.07, 6.45) is 4.32. The Morgan fingerprint density at radius 2 is 2.02 bits per heavy atom. The average molecular weight is 595 g/mol. The van der Waals surface area contributed by atoms with Gasteiger partial charge >= 0.3 is 5.97 Å². The number of hydrogen-bond acceptors (Lipinski definition) is 10. The van der Waals surface area contributed by atoms with E-state index in [-0.39, 0.29) is 24.5 Å². The maximum Gasteiger partial charge on any atom is 0.302 e. The van der Waals surface area contributed by atoms with Crippen LogP contribution in [0.1, 0.15) is 18.9 Å². The maximum atomic E-state index is 12.9. The van der Waals surface area contributed by atoms with E-state index in [2.05, 4.69) is 35.4 Å². The van der Waals surface area contributed by atoms with Crippen molar-refractivity contribution in [3.63, 3.8) is 0 Å². The van der Waals surface area contributed by atoms with Crippen molar-refractivity contribution in [1.82, 2.24) is 30.1 Å². The molecule has 1 fully saturated rings. The number of anilines is 3. The number of aromatic nitrogens is 3. The fraction of sp³-hybridized carbons (Fsp3) is 0.433. The molecule has 0 spiro atoms. The lowest BCUT2D eigenvalue weighted by molar-refractivity contribution is -0.143. The van der Waals surface area contributed by atoms with E-state index in [0.29, 0.717) is 31.5 Å². The van der Waals surface area contributed by atoms with E-state index in [1.807, 2.05) is 56.6 Å². The minimum atomic E-state index is -0.307. The van der Waals surface area contributed by atoms with Crippen LogP contribution in [0.15, 0.2) is 54.9 Å². The maximum absolute atomic E-state index is 12.9. The van der Waals surface area contributed by atoms with E-state index >= 15 is 0 Å². The number of halogens is 1. The van der Waals surface area contributed by atoms with Gasteiger partial charge in [0.1, 0.15) is 12.4 Å². The molecule has 11 nitrogen and oxygen atoms in total. The second kappa shape index (κ2) is 15.4. The number of amides is 1. The molecule has 1 amide bonds. The number of benzene rings is 1. The first-order chi connectivity index (χ1) is 20.3. The Bertz CT molecular complexity index is 1330. The molecule has 3 heterocycles. The highest BCUT2D eigenvalue weighted by Crippen LogP contribution is 2.22. The number of rotatable bonds is 13. The van der Waals surface area contributed by atoms with Gasteiger partial charge in [-0.05, 0) is 42.3 Å². The third kappa shape index (κ3) is 9.10. The fourth-order valence-electron chi connectivity index (χ4n) is 4.67. The van der Waals surface area contributed by atoms with E-state index in [4.69, 9.17) is 16.3 Å². The third-order valence-electron chi connectivity index (χ3n) is 7.13. The SMILES string of the molecule is CC(=O)OCC1CNCCN1CC(=O)N(C)CCCN(C)c1ccc(-c2ccnc(Nc3cccc(CCl)c3)n2)cn1. The predicted molar refractivity (Wildman–Crippen MR) is 165 cm³/mol. The third-order valence-corrected chi connectivity index (χ3v) is 7.44. The summed E-state index contributed by atoms with van der Waals surface area (Å²) in [5.74, 6) is 1.52. The van der Waals surface area contributed by atoms with E-state index in [0.717, 1.165) is 54.4 Å². The van der Waals surface area contributed by atoms with Gasteiger partial charge in [0, 0.05) is 83.3 Å². The largest absolute Gasteiger partial charge is 0.464 e. The van der Waals surface area contributed by atoms with Crippen molar-refractivity contribution in [2.75, 3.05) is 70.2 Å². The first kappa shape index (κ1) is 31.1. The zero-order valence-electron chi connectivity index (χ0n) is 24.4. The second-order valence-corrected chi connectivity index (χ2v) is 10.6. The van der Waals surface area contributed by atoms with Crippen LogP contribution in [0.4, 0.5) is 17.5 Å². The molecule has 1 atom stereocenters. The first-order valence-corrected chi connectivity index (χ1v) is 14.6. The molecule has 3 aromatic rings. The molecular weight excluding hydrogens is 556 g/mol. The van der Waals surface area contributed by atoms with Crippen LogP contribution in [0.25, 0.3) is 11.3 Å². The topological polar surface area (TPSA) is 116 Å². The van der Waals surface area contributed by atoms with Crippen molar-refractivity contribution in [2.45, 2.75) is 25.3 Å². The summed E-state index contributed by atoms with van der Waals surface area (Å²) in [5, 5.41) is 6.53. The Hall–Kier alpha value is -3.80. The van der Waals surface area contributed by atoms with Crippen LogP contribution in [0, 0.1) is 0 Å². The summed E-state index contributed by atoms with van der Waals surface area (Å²) in [5.41, 5.74) is 3.54. The summed E-state index contributed by atoms with van der Waals surface area (Å²) < 4.78 is 5.18. The van der Waals surface area contributed by atoms with Crippen LogP contribution in [0.5, 0.6) is 0 Å². The number of carbonyl (C=O) groups is 2. The first-order valence-electron chi connectivity index (χ1n) is 14.1. The smallest absolute Gasteiger partial charge is 0.302 e. The number of ether oxygens (including phenoxy) is 1. The highest BCUT2D eigenvalue weighted by Gasteiger charge is 2.26. The normalized spacial score (nSPS) is 15.2. The lowest BCUT2D eigenvalue weighted by Crippen LogP contribution is -2.56. The second-order valence-electron chi connectivity index (χ2n) is 10.4. The number of esters is 1. The minimum absolute atomic E-state index is 0.00136. The molecule has 12 heteroatoms. The summed E-state index contributed by atoms with van der Waals surface area (Å²) in [7, 11) is 3.82. The van der Waals surface area contributed by atoms with Gasteiger partial charge in [-0.25, -0.2) is 15.0 Å². The minimum Gasteiger partial charge on any atom is -0.464 e. The van der Waals surface area contributed by atoms with Gasteiger partial charge in [0.05, 0.1) is 18.3 Å². The molecule has 2 N–H and O–H groups in total. The molecule has 42 heavy (non-hydrogen) atoms. The van der Waals surface area contributed by atoms with Crippen molar-refractivity contribution >= 4 is 40.9 Å². The Labute approximate surface area is 252 Å². The summed E-state index contributed by atoms with van der Waals surface area (Å²) in [6.45, 7) is 5.62. The van der Waals surface area contributed by atoms with Gasteiger partial charge < -0.3 is 25.2 Å². The number of nitrogens with zero attached hydrogens (tertiary/aromatic N) is 6. The van der Waals surface area contributed by atoms with Crippen molar-refractivity contribution in [1.29, 1.82) is 0 Å². The van der Waals surface area contributed by atoms with Gasteiger partial charge in [0.15, 0.2) is 0 Å². The van der Waals surface area contributed by atoms with E-state index in [9.17, 15) is 9.59 Å². The molecule has 1 unspecified atom stereocenters. The van der Waals surface area contributed by atoms with Gasteiger partial charge in [-0.2, -0.15) is 0 Å². The van der Waals surface area contributed by atoms with Gasteiger partial charge in [0.2, 0.25) is 11.9 Å². The van der Waals surface area contributed by atoms with E-state index in [1.54, 1.807) is 17.3 Å². The Morgan fingerprint density at radius 3 is 2.79 bits per heavy atom. The van der Waals surface area contributed by atoms with Crippen LogP contribution >= 0.6 is 11.6 Å². The Balaban J connectivity index is 1.25. The molecule has 4 rings (SSSR count). The molecule has 1 aliphatic rings. The lowest BCUT2D eigenvalue weighted by atomic mass is 10.2. The number of nitrogens with one attached hydrogen (secondary N) is 2. The number of alkyl halides is 1. The summed E-state index contributed by atoms with van der Waals surface area (Å²) in [6, 6.07) is 13.6. The van der Waals surface area contributed by atoms with Crippen molar-refractivity contribution < 1.29 is 14.3 Å². The van der Waals surface area contributed by atoms with Crippen molar-refractivity contribution in [3.05, 3.63) is 60.4 Å². The fourth-order valence-corrected chi connectivity index (χ4v) is 4.84. The number of piperazine rings is 1. The molecule has 1 aliphatic heterocycles. The molecule has 0 bridgehead atoms. The van der Waals surface area contributed by atoms with E-state index in [1.165, 1.54) is 6.92 Å². The summed E-state index contributed by atoms with van der Waals surface area (Å²) >= 11 is 5.95. The monoisotopic (exact) mass is 594 g/mol. The molecule has 2 aromatic heterocycles. The predicted octanol–water partition coefficient (Wildman–Crippen LogP) is 3.14. The van der Waals surface area contributed by atoms with E-state index < -0.39 is 0 Å². The zero-order chi connectivity index (χ0) is 29.9. The quantitative estimate of drug-likeness (QED) is 0.226. The molecule has 1 saturated heterocycles. The van der Waals surface area contributed by atoms with Crippen LogP contribution in [0.2, 0.25) is 0 Å². The van der Waals surface area contributed by atoms with Crippen molar-refractivity contribution in [3.8, 4) is 11.3 Å². The number of carbonyl (C=O) groups excluding carboxylic acids is 2. The van der Waals surface area contributed by atoms with Crippen LogP contribution in [-0.4, -0.2) is 103 Å². The van der Waals surface area contributed by atoms with Crippen LogP contribution in [-0.2, 0) is 20.2 Å². The van der Waals surface area contributed by atoms with Gasteiger partial charge in [0.25, 0.3) is 0 Å². The van der Waals surface area contributed by atoms with Crippen molar-refractivity contribution in [2.24, 2.45) is 0 Å². The molecule has 0 radical (unpaired) electrons. The molecule has 224 valence electrons. The highest BCUT2D eigenvalue weighted by atomic mass is 35.5. The number of hydrogen-bond donors (Lipinski definition) is 2. The summed E-state index contributed by atoms with van der Waals surface area (Å²) in [4.78, 5) is 43.6. The standard InChI is InChI=1S/C30H39ClN8O3/c1-22(40)42-21-26-19-32-12-15-39(26)20-29(41)38(3)14-5-13-37(2)28-9-8-24(18-34-28)27-10-11-33-30(36-27)35-25-7-4-6-23(16-25)17-31/h4,6-11,16,18,26,32H,5,12-15,17,19-21H2,1-3H3,(H,33,35,36). The van der Waals surface area contributed by atoms with Crippen LogP contribution in [0.3, 0.4) is 0 Å². The van der Waals surface area contributed by atoms with Crippen LogP contribution < -0.4 is 15.5 Å². The number of likely N-dealkylation sites (N-methyl/N-ethyl adjacent to an activating group) is 1. The average Bonchev–Trinajstić information content (AvgIpc) is 3.00. The molecular formula is C30H39ClN8O3. The molecule has 0 saturated carbocycles. The zero-order valence-corrected chi connectivity index (χ0v) is 25.2. The molecule has 1 aromatic carbocycles. The van der Waals surface area contributed by atoms with Gasteiger partial charge in [-0.3, -0.25) is 14.5 Å². The van der Waals surface area contributed by atoms with Gasteiger partial charge in [-0.1, -0.05) is 12.1 Å². The Kier molecular flexibility index (Phi) is 11.4. The number of pyridine rings is 1. The highest BCUT2D eigenvalue weighted by molar-refractivity contribution is 6.17.